The van der Waals surface area contributed by atoms with Crippen LogP contribution in [0.25, 0.3) is 0 Å². The number of rotatable bonds is 7. The maximum absolute atomic E-state index is 12.3. The molecule has 1 aromatic carbocycles. The predicted octanol–water partition coefficient (Wildman–Crippen LogP) is 1.26. The van der Waals surface area contributed by atoms with Gasteiger partial charge < -0.3 is 14.6 Å². The van der Waals surface area contributed by atoms with Crippen LogP contribution in [-0.4, -0.2) is 33.6 Å². The summed E-state index contributed by atoms with van der Waals surface area (Å²) in [6.45, 7) is 1.01. The van der Waals surface area contributed by atoms with Gasteiger partial charge in [0.25, 0.3) is 5.56 Å². The number of amides is 1. The minimum absolute atomic E-state index is 0.0753. The average Bonchev–Trinajstić information content (AvgIpc) is 2.54. The summed E-state index contributed by atoms with van der Waals surface area (Å²) in [5.74, 6) is -0.0753. The van der Waals surface area contributed by atoms with E-state index in [1.54, 1.807) is 23.2 Å². The van der Waals surface area contributed by atoms with Gasteiger partial charge in [0, 0.05) is 38.3 Å². The van der Waals surface area contributed by atoms with Gasteiger partial charge >= 0.3 is 0 Å². The first-order valence-corrected chi connectivity index (χ1v) is 7.29. The van der Waals surface area contributed by atoms with Crippen LogP contribution in [0.1, 0.15) is 12.0 Å². The van der Waals surface area contributed by atoms with E-state index in [0.29, 0.717) is 13.1 Å². The van der Waals surface area contributed by atoms with Crippen LogP contribution in [0.4, 0.5) is 0 Å². The molecular weight excluding hydrogens is 280 g/mol. The lowest BCUT2D eigenvalue weighted by Gasteiger charge is -2.22. The maximum atomic E-state index is 12.3. The molecule has 0 aliphatic carbocycles. The van der Waals surface area contributed by atoms with Gasteiger partial charge in [-0.15, -0.1) is 0 Å². The molecule has 0 aliphatic rings. The molecule has 1 aromatic heterocycles. The molecule has 5 heteroatoms. The molecular formula is C17H20N2O3. The van der Waals surface area contributed by atoms with E-state index in [2.05, 4.69) is 0 Å². The van der Waals surface area contributed by atoms with Crippen LogP contribution in [-0.2, 0) is 17.9 Å². The van der Waals surface area contributed by atoms with Crippen molar-refractivity contribution in [3.63, 3.8) is 0 Å². The fourth-order valence-corrected chi connectivity index (χ4v) is 2.24. The number of aliphatic hydroxyl groups is 1. The molecule has 0 unspecified atom stereocenters. The van der Waals surface area contributed by atoms with Crippen molar-refractivity contribution in [3.05, 3.63) is 70.6 Å². The Morgan fingerprint density at radius 1 is 1.09 bits per heavy atom. The highest BCUT2D eigenvalue weighted by molar-refractivity contribution is 5.76. The largest absolute Gasteiger partial charge is 0.395 e. The smallest absolute Gasteiger partial charge is 0.250 e. The molecule has 2 rings (SSSR count). The minimum Gasteiger partial charge on any atom is -0.395 e. The average molecular weight is 300 g/mol. The van der Waals surface area contributed by atoms with Crippen molar-refractivity contribution < 1.29 is 9.90 Å². The Morgan fingerprint density at radius 2 is 1.82 bits per heavy atom. The second-order valence-electron chi connectivity index (χ2n) is 5.01. The fraction of sp³-hybridized carbons (Fsp3) is 0.294. The zero-order valence-corrected chi connectivity index (χ0v) is 12.4. The Balaban J connectivity index is 1.97. The normalized spacial score (nSPS) is 10.4. The molecule has 1 N–H and O–H groups in total. The van der Waals surface area contributed by atoms with Crippen molar-refractivity contribution in [2.24, 2.45) is 0 Å². The van der Waals surface area contributed by atoms with Gasteiger partial charge in [-0.05, 0) is 11.6 Å². The van der Waals surface area contributed by atoms with Crippen LogP contribution in [0.15, 0.2) is 59.5 Å². The second-order valence-corrected chi connectivity index (χ2v) is 5.01. The maximum Gasteiger partial charge on any atom is 0.250 e. The van der Waals surface area contributed by atoms with E-state index in [4.69, 9.17) is 5.11 Å². The Bertz CT molecular complexity index is 652. The van der Waals surface area contributed by atoms with Crippen molar-refractivity contribution in [2.75, 3.05) is 13.2 Å². The Morgan fingerprint density at radius 3 is 2.50 bits per heavy atom. The summed E-state index contributed by atoms with van der Waals surface area (Å²) in [6.07, 6.45) is 1.90. The van der Waals surface area contributed by atoms with E-state index in [9.17, 15) is 9.59 Å². The first-order valence-electron chi connectivity index (χ1n) is 7.29. The van der Waals surface area contributed by atoms with E-state index in [-0.39, 0.29) is 31.0 Å². The first-order chi connectivity index (χ1) is 10.7. The molecule has 1 amide bonds. The summed E-state index contributed by atoms with van der Waals surface area (Å²) in [5, 5.41) is 9.14. The third kappa shape index (κ3) is 4.56. The Labute approximate surface area is 129 Å². The van der Waals surface area contributed by atoms with Gasteiger partial charge in [-0.3, -0.25) is 9.59 Å². The molecule has 0 aliphatic heterocycles. The number of carbonyl (C=O) groups excluding carboxylic acids is 1. The van der Waals surface area contributed by atoms with E-state index < -0.39 is 0 Å². The summed E-state index contributed by atoms with van der Waals surface area (Å²) in [7, 11) is 0. The minimum atomic E-state index is -0.118. The Kier molecular flexibility index (Phi) is 5.91. The molecule has 0 bridgehead atoms. The van der Waals surface area contributed by atoms with E-state index >= 15 is 0 Å². The lowest BCUT2D eigenvalue weighted by molar-refractivity contribution is -0.132. The molecule has 5 nitrogen and oxygen atoms in total. The number of hydrogen-bond acceptors (Lipinski definition) is 3. The monoisotopic (exact) mass is 300 g/mol. The number of aryl methyl sites for hydroxylation is 1. The van der Waals surface area contributed by atoms with Gasteiger partial charge in [0.1, 0.15) is 0 Å². The van der Waals surface area contributed by atoms with Gasteiger partial charge in [-0.25, -0.2) is 0 Å². The summed E-state index contributed by atoms with van der Waals surface area (Å²) in [4.78, 5) is 25.6. The third-order valence-electron chi connectivity index (χ3n) is 3.40. The number of aliphatic hydroxyl groups excluding tert-OH is 1. The van der Waals surface area contributed by atoms with E-state index in [1.165, 1.54) is 10.6 Å². The van der Waals surface area contributed by atoms with Gasteiger partial charge in [-0.2, -0.15) is 0 Å². The van der Waals surface area contributed by atoms with Crippen LogP contribution >= 0.6 is 0 Å². The van der Waals surface area contributed by atoms with E-state index in [1.807, 2.05) is 30.3 Å². The van der Waals surface area contributed by atoms with Gasteiger partial charge in [0.2, 0.25) is 5.91 Å². The van der Waals surface area contributed by atoms with Crippen molar-refractivity contribution in [1.29, 1.82) is 0 Å². The predicted molar refractivity (Wildman–Crippen MR) is 84.3 cm³/mol. The lowest BCUT2D eigenvalue weighted by atomic mass is 10.2. The SMILES string of the molecule is O=C(CCn1ccccc1=O)N(CCO)Cc1ccccc1. The second kappa shape index (κ2) is 8.14. The molecule has 0 spiro atoms. The first kappa shape index (κ1) is 16.0. The topological polar surface area (TPSA) is 62.5 Å². The molecule has 0 saturated heterocycles. The third-order valence-corrected chi connectivity index (χ3v) is 3.40. The van der Waals surface area contributed by atoms with Crippen molar-refractivity contribution >= 4 is 5.91 Å². The van der Waals surface area contributed by atoms with Crippen LogP contribution in [0, 0.1) is 0 Å². The zero-order chi connectivity index (χ0) is 15.8. The quantitative estimate of drug-likeness (QED) is 0.837. The summed E-state index contributed by atoms with van der Waals surface area (Å²) in [6, 6.07) is 14.6. The van der Waals surface area contributed by atoms with Gasteiger partial charge in [-0.1, -0.05) is 36.4 Å². The molecule has 116 valence electrons. The highest BCUT2D eigenvalue weighted by Crippen LogP contribution is 2.06. The molecule has 22 heavy (non-hydrogen) atoms. The number of carbonyl (C=O) groups is 1. The highest BCUT2D eigenvalue weighted by atomic mass is 16.3. The van der Waals surface area contributed by atoms with Gasteiger partial charge in [0.05, 0.1) is 6.61 Å². The van der Waals surface area contributed by atoms with Crippen LogP contribution in [0.3, 0.4) is 0 Å². The number of nitrogens with zero attached hydrogens (tertiary/aromatic N) is 2. The molecule has 0 radical (unpaired) electrons. The zero-order valence-electron chi connectivity index (χ0n) is 12.4. The molecule has 0 saturated carbocycles. The summed E-state index contributed by atoms with van der Waals surface area (Å²) in [5.41, 5.74) is 0.897. The Hall–Kier alpha value is -2.40. The number of aromatic nitrogens is 1. The lowest BCUT2D eigenvalue weighted by Crippen LogP contribution is -2.34. The molecule has 2 aromatic rings. The standard InChI is InChI=1S/C17H20N2O3/c20-13-12-19(14-15-6-2-1-3-7-15)17(22)9-11-18-10-5-4-8-16(18)21/h1-8,10,20H,9,11-14H2. The van der Waals surface area contributed by atoms with Crippen LogP contribution in [0.2, 0.25) is 0 Å². The molecule has 0 fully saturated rings. The number of hydrogen-bond donors (Lipinski definition) is 1. The van der Waals surface area contributed by atoms with E-state index in [0.717, 1.165) is 5.56 Å². The summed E-state index contributed by atoms with van der Waals surface area (Å²) < 4.78 is 1.51. The molecule has 0 atom stereocenters. The number of pyridine rings is 1. The molecule has 1 heterocycles. The van der Waals surface area contributed by atoms with Gasteiger partial charge in [0.15, 0.2) is 0 Å². The fourth-order valence-electron chi connectivity index (χ4n) is 2.24. The van der Waals surface area contributed by atoms with Crippen molar-refractivity contribution in [1.82, 2.24) is 9.47 Å². The summed E-state index contributed by atoms with van der Waals surface area (Å²) >= 11 is 0. The van der Waals surface area contributed by atoms with Crippen LogP contribution in [0.5, 0.6) is 0 Å². The van der Waals surface area contributed by atoms with Crippen molar-refractivity contribution in [2.45, 2.75) is 19.5 Å². The highest BCUT2D eigenvalue weighted by Gasteiger charge is 2.13. The van der Waals surface area contributed by atoms with Crippen LogP contribution < -0.4 is 5.56 Å². The number of benzene rings is 1. The van der Waals surface area contributed by atoms with Crippen molar-refractivity contribution in [3.8, 4) is 0 Å².